The molecule has 0 bridgehead atoms. The number of para-hydroxylation sites is 1. The Morgan fingerprint density at radius 2 is 2.12 bits per heavy atom. The largest absolute Gasteiger partial charge is 0.369 e. The van der Waals surface area contributed by atoms with Gasteiger partial charge in [0.2, 0.25) is 5.91 Å². The van der Waals surface area contributed by atoms with E-state index in [2.05, 4.69) is 26.8 Å². The Morgan fingerprint density at radius 1 is 1.24 bits per heavy atom. The number of aryl methyl sites for hydroxylation is 1. The van der Waals surface area contributed by atoms with Gasteiger partial charge in [0, 0.05) is 30.8 Å². The maximum Gasteiger partial charge on any atom is 0.225 e. The van der Waals surface area contributed by atoms with Crippen LogP contribution in [0.2, 0.25) is 0 Å². The lowest BCUT2D eigenvalue weighted by Gasteiger charge is -2.25. The third-order valence-electron chi connectivity index (χ3n) is 4.32. The molecule has 0 aliphatic carbocycles. The molecular formula is C19H19N5O. The topological polar surface area (TPSA) is 71.8 Å². The van der Waals surface area contributed by atoms with Crippen molar-refractivity contribution >= 4 is 17.4 Å². The summed E-state index contributed by atoms with van der Waals surface area (Å²) in [6.07, 6.45) is 4.22. The Bertz CT molecular complexity index is 917. The van der Waals surface area contributed by atoms with E-state index in [1.807, 2.05) is 49.5 Å². The van der Waals surface area contributed by atoms with Crippen LogP contribution in [-0.4, -0.2) is 27.2 Å². The number of anilines is 2. The molecule has 1 amide bonds. The minimum atomic E-state index is 0.0548. The fourth-order valence-electron chi connectivity index (χ4n) is 3.10. The number of hydrogen-bond donors (Lipinski definition) is 2. The number of aromatic nitrogens is 3. The molecule has 0 fully saturated rings. The molecule has 6 nitrogen and oxygen atoms in total. The van der Waals surface area contributed by atoms with E-state index in [-0.39, 0.29) is 11.8 Å². The Kier molecular flexibility index (Phi) is 3.93. The molecule has 2 aromatic heterocycles. The number of benzene rings is 1. The van der Waals surface area contributed by atoms with Crippen LogP contribution in [0.3, 0.4) is 0 Å². The van der Waals surface area contributed by atoms with E-state index >= 15 is 0 Å². The number of carbonyl (C=O) groups is 1. The van der Waals surface area contributed by atoms with Crippen LogP contribution in [0.1, 0.15) is 23.5 Å². The number of fused-ring (bicyclic) bond motifs is 1. The van der Waals surface area contributed by atoms with Gasteiger partial charge in [0.15, 0.2) is 5.82 Å². The van der Waals surface area contributed by atoms with Crippen molar-refractivity contribution < 1.29 is 4.79 Å². The van der Waals surface area contributed by atoms with Gasteiger partial charge in [-0.15, -0.1) is 0 Å². The first kappa shape index (κ1) is 15.4. The molecule has 2 N–H and O–H groups in total. The maximum absolute atomic E-state index is 11.9. The predicted octanol–water partition coefficient (Wildman–Crippen LogP) is 3.11. The van der Waals surface area contributed by atoms with Crippen molar-refractivity contribution in [2.45, 2.75) is 19.3 Å². The van der Waals surface area contributed by atoms with Crippen LogP contribution in [0.25, 0.3) is 5.82 Å². The van der Waals surface area contributed by atoms with Crippen molar-refractivity contribution in [3.05, 3.63) is 66.0 Å². The summed E-state index contributed by atoms with van der Waals surface area (Å²) in [4.78, 5) is 16.5. The predicted molar refractivity (Wildman–Crippen MR) is 97.0 cm³/mol. The number of nitrogens with zero attached hydrogens (tertiary/aromatic N) is 3. The molecule has 1 atom stereocenters. The molecule has 0 unspecified atom stereocenters. The minimum absolute atomic E-state index is 0.0548. The molecular weight excluding hydrogens is 314 g/mol. The van der Waals surface area contributed by atoms with Gasteiger partial charge in [-0.05, 0) is 36.2 Å². The summed E-state index contributed by atoms with van der Waals surface area (Å²) in [5, 5.41) is 10.6. The molecule has 0 radical (unpaired) electrons. The van der Waals surface area contributed by atoms with Crippen LogP contribution in [-0.2, 0) is 4.79 Å². The van der Waals surface area contributed by atoms with Crippen LogP contribution >= 0.6 is 0 Å². The van der Waals surface area contributed by atoms with Gasteiger partial charge >= 0.3 is 0 Å². The smallest absolute Gasteiger partial charge is 0.225 e. The number of rotatable bonds is 4. The normalized spacial score (nSPS) is 16.2. The third-order valence-corrected chi connectivity index (χ3v) is 4.32. The highest BCUT2D eigenvalue weighted by Crippen LogP contribution is 2.31. The Hall–Kier alpha value is -3.15. The second-order valence-corrected chi connectivity index (χ2v) is 6.26. The van der Waals surface area contributed by atoms with Crippen LogP contribution < -0.4 is 10.6 Å². The van der Waals surface area contributed by atoms with Gasteiger partial charge in [-0.25, -0.2) is 9.67 Å². The summed E-state index contributed by atoms with van der Waals surface area (Å²) in [5.74, 6) is 1.72. The molecule has 3 aromatic rings. The van der Waals surface area contributed by atoms with Gasteiger partial charge in [0.25, 0.3) is 0 Å². The maximum atomic E-state index is 11.9. The van der Waals surface area contributed by atoms with Crippen molar-refractivity contribution in [3.8, 4) is 5.82 Å². The fourth-order valence-corrected chi connectivity index (χ4v) is 3.10. The zero-order chi connectivity index (χ0) is 17.2. The summed E-state index contributed by atoms with van der Waals surface area (Å²) in [5.41, 5.74) is 3.15. The molecule has 6 heteroatoms. The number of pyridine rings is 1. The third kappa shape index (κ3) is 3.24. The van der Waals surface area contributed by atoms with Gasteiger partial charge in [-0.3, -0.25) is 4.79 Å². The van der Waals surface area contributed by atoms with Crippen LogP contribution in [0.4, 0.5) is 11.5 Å². The van der Waals surface area contributed by atoms with Crippen molar-refractivity contribution in [2.75, 3.05) is 17.2 Å². The molecule has 0 saturated carbocycles. The Balaban J connectivity index is 1.51. The second kappa shape index (κ2) is 6.39. The lowest BCUT2D eigenvalue weighted by atomic mass is 9.90. The molecule has 1 aromatic carbocycles. The van der Waals surface area contributed by atoms with E-state index in [4.69, 9.17) is 0 Å². The van der Waals surface area contributed by atoms with E-state index in [1.54, 1.807) is 10.9 Å². The molecule has 0 spiro atoms. The zero-order valence-corrected chi connectivity index (χ0v) is 13.9. The minimum Gasteiger partial charge on any atom is -0.369 e. The van der Waals surface area contributed by atoms with E-state index in [9.17, 15) is 4.79 Å². The first-order chi connectivity index (χ1) is 12.2. The molecule has 3 heterocycles. The first-order valence-corrected chi connectivity index (χ1v) is 8.30. The van der Waals surface area contributed by atoms with E-state index in [1.165, 1.54) is 0 Å². The summed E-state index contributed by atoms with van der Waals surface area (Å²) in [7, 11) is 0. The SMILES string of the molecule is Cc1cnn(-c2cccc(NC[C@H]3CC(=O)Nc4ccccc43)n2)c1. The monoisotopic (exact) mass is 333 g/mol. The van der Waals surface area contributed by atoms with Gasteiger partial charge in [-0.1, -0.05) is 24.3 Å². The molecule has 1 aliphatic rings. The highest BCUT2D eigenvalue weighted by Gasteiger charge is 2.24. The number of nitrogens with one attached hydrogen (secondary N) is 2. The first-order valence-electron chi connectivity index (χ1n) is 8.30. The van der Waals surface area contributed by atoms with Crippen molar-refractivity contribution in [3.63, 3.8) is 0 Å². The Morgan fingerprint density at radius 3 is 2.96 bits per heavy atom. The highest BCUT2D eigenvalue weighted by molar-refractivity contribution is 5.94. The van der Waals surface area contributed by atoms with Gasteiger partial charge < -0.3 is 10.6 Å². The number of carbonyl (C=O) groups excluding carboxylic acids is 1. The second-order valence-electron chi connectivity index (χ2n) is 6.26. The fraction of sp³-hybridized carbons (Fsp3) is 0.211. The number of amides is 1. The molecule has 126 valence electrons. The van der Waals surface area contributed by atoms with Crippen molar-refractivity contribution in [1.29, 1.82) is 0 Å². The van der Waals surface area contributed by atoms with Crippen LogP contribution in [0.15, 0.2) is 54.9 Å². The van der Waals surface area contributed by atoms with E-state index < -0.39 is 0 Å². The zero-order valence-electron chi connectivity index (χ0n) is 13.9. The lowest BCUT2D eigenvalue weighted by Crippen LogP contribution is -2.27. The van der Waals surface area contributed by atoms with Gasteiger partial charge in [0.1, 0.15) is 5.82 Å². The molecule has 1 aliphatic heterocycles. The summed E-state index contributed by atoms with van der Waals surface area (Å²) < 4.78 is 1.75. The Labute approximate surface area is 145 Å². The van der Waals surface area contributed by atoms with E-state index in [0.29, 0.717) is 13.0 Å². The van der Waals surface area contributed by atoms with Crippen molar-refractivity contribution in [2.24, 2.45) is 0 Å². The highest BCUT2D eigenvalue weighted by atomic mass is 16.1. The summed E-state index contributed by atoms with van der Waals surface area (Å²) >= 11 is 0. The summed E-state index contributed by atoms with van der Waals surface area (Å²) in [6.45, 7) is 2.65. The quantitative estimate of drug-likeness (QED) is 0.769. The summed E-state index contributed by atoms with van der Waals surface area (Å²) in [6, 6.07) is 13.7. The van der Waals surface area contributed by atoms with Crippen molar-refractivity contribution in [1.82, 2.24) is 14.8 Å². The molecule has 25 heavy (non-hydrogen) atoms. The molecule has 0 saturated heterocycles. The number of hydrogen-bond acceptors (Lipinski definition) is 4. The van der Waals surface area contributed by atoms with Gasteiger partial charge in [-0.2, -0.15) is 5.10 Å². The lowest BCUT2D eigenvalue weighted by molar-refractivity contribution is -0.116. The van der Waals surface area contributed by atoms with Gasteiger partial charge in [0.05, 0.1) is 6.20 Å². The van der Waals surface area contributed by atoms with Crippen LogP contribution in [0, 0.1) is 6.92 Å². The van der Waals surface area contributed by atoms with Crippen LogP contribution in [0.5, 0.6) is 0 Å². The molecule has 4 rings (SSSR count). The standard InChI is InChI=1S/C19H19N5O/c1-13-10-21-24(12-13)18-8-4-7-17(23-18)20-11-14-9-19(25)22-16-6-3-2-5-15(14)16/h2-8,10,12,14H,9,11H2,1H3,(H,20,23)(H,22,25)/t14-/m1/s1. The van der Waals surface area contributed by atoms with E-state index in [0.717, 1.165) is 28.5 Å². The average molecular weight is 333 g/mol. The average Bonchev–Trinajstić information content (AvgIpc) is 3.06.